The van der Waals surface area contributed by atoms with Crippen LogP contribution in [0.3, 0.4) is 0 Å². The van der Waals surface area contributed by atoms with Crippen molar-refractivity contribution in [2.45, 2.75) is 32.7 Å². The van der Waals surface area contributed by atoms with Crippen LogP contribution in [0.25, 0.3) is 0 Å². The van der Waals surface area contributed by atoms with Gasteiger partial charge >= 0.3 is 12.0 Å². The van der Waals surface area contributed by atoms with E-state index in [1.54, 1.807) is 0 Å². The molecule has 0 spiro atoms. The van der Waals surface area contributed by atoms with Crippen LogP contribution in [-0.4, -0.2) is 41.6 Å². The van der Waals surface area contributed by atoms with Gasteiger partial charge in [0.15, 0.2) is 0 Å². The van der Waals surface area contributed by atoms with Gasteiger partial charge in [0, 0.05) is 6.54 Å². The first kappa shape index (κ1) is 15.2. The molecule has 0 saturated heterocycles. The Morgan fingerprint density at radius 3 is 2.24 bits per heavy atom. The van der Waals surface area contributed by atoms with Crippen LogP contribution in [0.4, 0.5) is 4.79 Å². The summed E-state index contributed by atoms with van der Waals surface area (Å²) in [6.45, 7) is 4.98. The maximum atomic E-state index is 11.3. The molecule has 0 aromatic carbocycles. The van der Waals surface area contributed by atoms with E-state index in [2.05, 4.69) is 16.0 Å². The van der Waals surface area contributed by atoms with Crippen LogP contribution in [0.5, 0.6) is 0 Å². The summed E-state index contributed by atoms with van der Waals surface area (Å²) in [7, 11) is 0. The predicted octanol–water partition coefficient (Wildman–Crippen LogP) is -0.325. The van der Waals surface area contributed by atoms with E-state index in [9.17, 15) is 14.4 Å². The minimum atomic E-state index is -1.37. The van der Waals surface area contributed by atoms with Crippen molar-refractivity contribution in [2.24, 2.45) is 0 Å². The molecule has 0 aliphatic carbocycles. The number of hydrogen-bond donors (Lipinski definition) is 4. The summed E-state index contributed by atoms with van der Waals surface area (Å²) in [6.07, 6.45) is 0.810. The van der Waals surface area contributed by atoms with Gasteiger partial charge in [-0.1, -0.05) is 6.92 Å². The Bertz CT molecular complexity index is 302. The molecule has 98 valence electrons. The zero-order chi connectivity index (χ0) is 13.5. The molecule has 0 heterocycles. The Balaban J connectivity index is 3.96. The highest BCUT2D eigenvalue weighted by Crippen LogP contribution is 2.00. The fourth-order valence-electron chi connectivity index (χ4n) is 0.869. The molecular formula is C10H19N3O4. The van der Waals surface area contributed by atoms with Crippen LogP contribution in [0.15, 0.2) is 0 Å². The Hall–Kier alpha value is -1.79. The molecule has 0 bridgehead atoms. The van der Waals surface area contributed by atoms with Crippen LogP contribution in [0, 0.1) is 0 Å². The van der Waals surface area contributed by atoms with Crippen molar-refractivity contribution in [1.29, 1.82) is 0 Å². The maximum absolute atomic E-state index is 11.3. The number of carboxylic acid groups (broad SMARTS) is 1. The summed E-state index contributed by atoms with van der Waals surface area (Å²) in [5, 5.41) is 15.9. The molecule has 0 saturated carbocycles. The highest BCUT2D eigenvalue weighted by molar-refractivity contribution is 5.88. The Morgan fingerprint density at radius 2 is 1.76 bits per heavy atom. The third kappa shape index (κ3) is 6.39. The van der Waals surface area contributed by atoms with Gasteiger partial charge < -0.3 is 21.1 Å². The maximum Gasteiger partial charge on any atom is 0.328 e. The average Bonchev–Trinajstić information content (AvgIpc) is 2.22. The second kappa shape index (κ2) is 6.72. The fraction of sp³-hybridized carbons (Fsp3) is 0.700. The van der Waals surface area contributed by atoms with Gasteiger partial charge in [-0.3, -0.25) is 4.79 Å². The first-order valence-corrected chi connectivity index (χ1v) is 5.35. The van der Waals surface area contributed by atoms with Gasteiger partial charge in [0.05, 0.1) is 6.54 Å². The number of carbonyl (C=O) groups is 3. The smallest absolute Gasteiger partial charge is 0.328 e. The lowest BCUT2D eigenvalue weighted by Gasteiger charge is -2.21. The van der Waals surface area contributed by atoms with E-state index in [0.717, 1.165) is 6.42 Å². The van der Waals surface area contributed by atoms with Crippen LogP contribution in [0.2, 0.25) is 0 Å². The number of amides is 3. The van der Waals surface area contributed by atoms with Crippen molar-refractivity contribution >= 4 is 17.9 Å². The summed E-state index contributed by atoms with van der Waals surface area (Å²) in [6, 6.07) is -0.691. The van der Waals surface area contributed by atoms with Crippen molar-refractivity contribution in [3.8, 4) is 0 Å². The third-order valence-electron chi connectivity index (χ3n) is 1.94. The summed E-state index contributed by atoms with van der Waals surface area (Å²) in [5.74, 6) is -1.46. The monoisotopic (exact) mass is 245 g/mol. The minimum absolute atomic E-state index is 0.179. The summed E-state index contributed by atoms with van der Waals surface area (Å²) < 4.78 is 0. The molecule has 0 radical (unpaired) electrons. The van der Waals surface area contributed by atoms with Gasteiger partial charge in [-0.25, -0.2) is 9.59 Å². The molecule has 7 heteroatoms. The van der Waals surface area contributed by atoms with Crippen molar-refractivity contribution in [3.05, 3.63) is 0 Å². The molecule has 3 amide bonds. The fourth-order valence-corrected chi connectivity index (χ4v) is 0.869. The van der Waals surface area contributed by atoms with Crippen molar-refractivity contribution in [2.75, 3.05) is 13.1 Å². The quantitative estimate of drug-likeness (QED) is 0.514. The normalized spacial score (nSPS) is 10.5. The van der Waals surface area contributed by atoms with Gasteiger partial charge in [-0.15, -0.1) is 0 Å². The molecule has 0 aromatic heterocycles. The van der Waals surface area contributed by atoms with Gasteiger partial charge in [0.1, 0.15) is 5.54 Å². The zero-order valence-corrected chi connectivity index (χ0v) is 10.3. The number of carbonyl (C=O) groups excluding carboxylic acids is 2. The predicted molar refractivity (Wildman–Crippen MR) is 61.5 cm³/mol. The molecule has 0 aliphatic heterocycles. The highest BCUT2D eigenvalue weighted by Gasteiger charge is 2.28. The molecule has 0 atom stereocenters. The zero-order valence-electron chi connectivity index (χ0n) is 10.3. The van der Waals surface area contributed by atoms with Crippen LogP contribution >= 0.6 is 0 Å². The van der Waals surface area contributed by atoms with E-state index in [4.69, 9.17) is 5.11 Å². The SMILES string of the molecule is CCCNC(=O)CNC(=O)NC(C)(C)C(=O)O. The van der Waals surface area contributed by atoms with Gasteiger partial charge in [0.2, 0.25) is 5.91 Å². The first-order valence-electron chi connectivity index (χ1n) is 5.35. The number of nitrogens with one attached hydrogen (secondary N) is 3. The second-order valence-corrected chi connectivity index (χ2v) is 4.09. The molecule has 0 unspecified atom stereocenters. The van der Waals surface area contributed by atoms with Crippen molar-refractivity contribution in [3.63, 3.8) is 0 Å². The number of hydrogen-bond acceptors (Lipinski definition) is 3. The number of urea groups is 1. The molecule has 4 N–H and O–H groups in total. The molecule has 0 aliphatic rings. The Labute approximate surface area is 100.0 Å². The molecule has 0 fully saturated rings. The molecule has 0 aromatic rings. The number of rotatable bonds is 6. The minimum Gasteiger partial charge on any atom is -0.480 e. The largest absolute Gasteiger partial charge is 0.480 e. The molecule has 7 nitrogen and oxygen atoms in total. The molecule has 0 rings (SSSR count). The number of carboxylic acids is 1. The van der Waals surface area contributed by atoms with Crippen molar-refractivity contribution < 1.29 is 19.5 Å². The lowest BCUT2D eigenvalue weighted by atomic mass is 10.1. The van der Waals surface area contributed by atoms with Crippen LogP contribution in [0.1, 0.15) is 27.2 Å². The summed E-state index contributed by atoms with van der Waals surface area (Å²) >= 11 is 0. The average molecular weight is 245 g/mol. The lowest BCUT2D eigenvalue weighted by Crippen LogP contribution is -2.54. The van der Waals surface area contributed by atoms with Gasteiger partial charge in [0.25, 0.3) is 0 Å². The van der Waals surface area contributed by atoms with E-state index in [-0.39, 0.29) is 12.5 Å². The highest BCUT2D eigenvalue weighted by atomic mass is 16.4. The van der Waals surface area contributed by atoms with Crippen LogP contribution in [-0.2, 0) is 9.59 Å². The standard InChI is InChI=1S/C10H19N3O4/c1-4-5-11-7(14)6-12-9(17)13-10(2,3)8(15)16/h4-6H2,1-3H3,(H,11,14)(H,15,16)(H2,12,13,17). The van der Waals surface area contributed by atoms with E-state index in [0.29, 0.717) is 6.54 Å². The van der Waals surface area contributed by atoms with Crippen molar-refractivity contribution in [1.82, 2.24) is 16.0 Å². The summed E-state index contributed by atoms with van der Waals surface area (Å²) in [5.41, 5.74) is -1.37. The van der Waals surface area contributed by atoms with E-state index in [1.807, 2.05) is 6.92 Å². The topological polar surface area (TPSA) is 108 Å². The number of aliphatic carboxylic acids is 1. The Morgan fingerprint density at radius 1 is 1.18 bits per heavy atom. The third-order valence-corrected chi connectivity index (χ3v) is 1.94. The lowest BCUT2D eigenvalue weighted by molar-refractivity contribution is -0.142. The van der Waals surface area contributed by atoms with Crippen LogP contribution < -0.4 is 16.0 Å². The van der Waals surface area contributed by atoms with E-state index in [1.165, 1.54) is 13.8 Å². The second-order valence-electron chi connectivity index (χ2n) is 4.09. The Kier molecular flexibility index (Phi) is 6.01. The molecule has 17 heavy (non-hydrogen) atoms. The van der Waals surface area contributed by atoms with E-state index < -0.39 is 17.5 Å². The summed E-state index contributed by atoms with van der Waals surface area (Å²) in [4.78, 5) is 33.1. The van der Waals surface area contributed by atoms with E-state index >= 15 is 0 Å². The first-order chi connectivity index (χ1) is 7.79. The molecular weight excluding hydrogens is 226 g/mol. The van der Waals surface area contributed by atoms with Gasteiger partial charge in [-0.2, -0.15) is 0 Å². The van der Waals surface area contributed by atoms with Gasteiger partial charge in [-0.05, 0) is 20.3 Å².